The van der Waals surface area contributed by atoms with Crippen molar-refractivity contribution in [3.63, 3.8) is 0 Å². The van der Waals surface area contributed by atoms with E-state index in [0.29, 0.717) is 0 Å². The maximum absolute atomic E-state index is 4.73. The molecule has 0 saturated heterocycles. The highest BCUT2D eigenvalue weighted by molar-refractivity contribution is 6.36. The van der Waals surface area contributed by atoms with Crippen LogP contribution in [0.25, 0.3) is 0 Å². The number of oxime groups is 1. The molecule has 2 rings (SSSR count). The third-order valence-corrected chi connectivity index (χ3v) is 1.44. The van der Waals surface area contributed by atoms with Crippen LogP contribution in [0.5, 0.6) is 0 Å². The Kier molecular flexibility index (Phi) is 1.13. The van der Waals surface area contributed by atoms with Gasteiger partial charge in [-0.15, -0.1) is 0 Å². The van der Waals surface area contributed by atoms with Crippen LogP contribution in [-0.2, 0) is 4.84 Å². The van der Waals surface area contributed by atoms with Crippen molar-refractivity contribution in [1.29, 1.82) is 0 Å². The summed E-state index contributed by atoms with van der Waals surface area (Å²) in [5, 5.41) is 3.63. The summed E-state index contributed by atoms with van der Waals surface area (Å²) >= 11 is 0. The molecule has 0 aromatic heterocycles. The van der Waals surface area contributed by atoms with Gasteiger partial charge in [-0.1, -0.05) is 5.16 Å². The van der Waals surface area contributed by atoms with Gasteiger partial charge in [0.25, 0.3) is 0 Å². The number of hydrogen-bond donors (Lipinski definition) is 1. The standard InChI is InChI=1S/C7H6N2O/c1-2-6-5-10-9-4-7(6)8-3-1/h1-2,4-5H,3H2/p+1. The van der Waals surface area contributed by atoms with E-state index in [1.165, 1.54) is 0 Å². The van der Waals surface area contributed by atoms with Crippen LogP contribution >= 0.6 is 0 Å². The number of allylic oxidation sites excluding steroid dienone is 2. The summed E-state index contributed by atoms with van der Waals surface area (Å²) in [5.41, 5.74) is 2.09. The van der Waals surface area contributed by atoms with Crippen molar-refractivity contribution in [2.75, 3.05) is 6.54 Å². The molecular formula is C7H7N2O+. The summed E-state index contributed by atoms with van der Waals surface area (Å²) in [6, 6.07) is 0. The number of hydrogen-bond acceptors (Lipinski definition) is 2. The van der Waals surface area contributed by atoms with E-state index in [9.17, 15) is 0 Å². The largest absolute Gasteiger partial charge is 0.364 e. The molecule has 0 radical (unpaired) electrons. The topological polar surface area (TPSA) is 35.6 Å². The molecule has 0 atom stereocenters. The van der Waals surface area contributed by atoms with E-state index in [0.717, 1.165) is 17.8 Å². The fourth-order valence-corrected chi connectivity index (χ4v) is 0.940. The van der Waals surface area contributed by atoms with Crippen LogP contribution in [0.15, 0.2) is 29.1 Å². The summed E-state index contributed by atoms with van der Waals surface area (Å²) in [6.07, 6.45) is 7.35. The van der Waals surface area contributed by atoms with Crippen LogP contribution in [0.4, 0.5) is 0 Å². The lowest BCUT2D eigenvalue weighted by Crippen LogP contribution is -2.74. The number of rotatable bonds is 0. The zero-order valence-corrected chi connectivity index (χ0v) is 5.37. The van der Waals surface area contributed by atoms with Crippen molar-refractivity contribution < 1.29 is 9.83 Å². The maximum atomic E-state index is 4.73. The quantitative estimate of drug-likeness (QED) is 0.453. The Bertz CT molecular complexity index is 233. The average Bonchev–Trinajstić information content (AvgIpc) is 2.05. The van der Waals surface area contributed by atoms with Gasteiger partial charge in [0.1, 0.15) is 12.5 Å². The molecule has 3 heteroatoms. The lowest BCUT2D eigenvalue weighted by Gasteiger charge is -2.03. The monoisotopic (exact) mass is 135 g/mol. The summed E-state index contributed by atoms with van der Waals surface area (Å²) in [4.78, 5) is 7.89. The SMILES string of the molecule is C1=CC2=CON=CC2=[NH+]C1. The summed E-state index contributed by atoms with van der Waals surface area (Å²) < 4.78 is 0. The first-order valence-electron chi connectivity index (χ1n) is 3.14. The van der Waals surface area contributed by atoms with Gasteiger partial charge in [0, 0.05) is 0 Å². The first-order valence-corrected chi connectivity index (χ1v) is 3.14. The van der Waals surface area contributed by atoms with Crippen LogP contribution in [0.2, 0.25) is 0 Å². The normalized spacial score (nSPS) is 20.8. The lowest BCUT2D eigenvalue weighted by atomic mass is 10.1. The third kappa shape index (κ3) is 0.757. The second kappa shape index (κ2) is 2.10. The highest BCUT2D eigenvalue weighted by Gasteiger charge is 2.14. The Hall–Kier alpha value is -1.38. The molecule has 0 unspecified atom stereocenters. The maximum Gasteiger partial charge on any atom is 0.230 e. The van der Waals surface area contributed by atoms with Gasteiger partial charge >= 0.3 is 0 Å². The Morgan fingerprint density at radius 2 is 2.60 bits per heavy atom. The van der Waals surface area contributed by atoms with Crippen LogP contribution < -0.4 is 4.99 Å². The van der Waals surface area contributed by atoms with Gasteiger partial charge in [-0.3, -0.25) is 0 Å². The molecule has 0 fully saturated rings. The Balaban J connectivity index is 2.38. The van der Waals surface area contributed by atoms with Crippen LogP contribution in [-0.4, -0.2) is 18.5 Å². The van der Waals surface area contributed by atoms with E-state index in [-0.39, 0.29) is 0 Å². The van der Waals surface area contributed by atoms with Crippen LogP contribution in [0.3, 0.4) is 0 Å². The van der Waals surface area contributed by atoms with Gasteiger partial charge in [0.15, 0.2) is 6.54 Å². The van der Waals surface area contributed by atoms with Gasteiger partial charge in [-0.2, -0.15) is 0 Å². The van der Waals surface area contributed by atoms with E-state index in [1.807, 2.05) is 12.2 Å². The van der Waals surface area contributed by atoms with E-state index in [4.69, 9.17) is 4.84 Å². The molecule has 0 bridgehead atoms. The summed E-state index contributed by atoms with van der Waals surface area (Å²) in [5.74, 6) is 0. The molecule has 0 spiro atoms. The van der Waals surface area contributed by atoms with Crippen molar-refractivity contribution in [1.82, 2.24) is 0 Å². The van der Waals surface area contributed by atoms with E-state index in [2.05, 4.69) is 10.1 Å². The molecule has 0 aromatic carbocycles. The minimum atomic E-state index is 0.874. The highest BCUT2D eigenvalue weighted by Crippen LogP contribution is 2.02. The Labute approximate surface area is 58.4 Å². The van der Waals surface area contributed by atoms with Gasteiger partial charge in [0.2, 0.25) is 5.71 Å². The van der Waals surface area contributed by atoms with Crippen LogP contribution in [0, 0.1) is 0 Å². The Morgan fingerprint density at radius 3 is 3.50 bits per heavy atom. The van der Waals surface area contributed by atoms with E-state index >= 15 is 0 Å². The number of fused-ring (bicyclic) bond motifs is 1. The lowest BCUT2D eigenvalue weighted by molar-refractivity contribution is -0.442. The predicted octanol–water partition coefficient (Wildman–Crippen LogP) is -1.02. The third-order valence-electron chi connectivity index (χ3n) is 1.44. The van der Waals surface area contributed by atoms with Gasteiger partial charge in [0.05, 0.1) is 5.57 Å². The van der Waals surface area contributed by atoms with E-state index in [1.54, 1.807) is 12.5 Å². The van der Waals surface area contributed by atoms with Gasteiger partial charge < -0.3 is 4.84 Å². The number of nitrogens with one attached hydrogen (secondary N) is 1. The van der Waals surface area contributed by atoms with Crippen molar-refractivity contribution in [2.45, 2.75) is 0 Å². The fraction of sp³-hybridized carbons (Fsp3) is 0.143. The number of nitrogens with zero attached hydrogens (tertiary/aromatic N) is 1. The van der Waals surface area contributed by atoms with E-state index < -0.39 is 0 Å². The molecule has 0 amide bonds. The fourth-order valence-electron chi connectivity index (χ4n) is 0.940. The second-order valence-corrected chi connectivity index (χ2v) is 2.11. The second-order valence-electron chi connectivity index (χ2n) is 2.11. The zero-order valence-electron chi connectivity index (χ0n) is 5.37. The molecule has 0 saturated carbocycles. The molecular weight excluding hydrogens is 128 g/mol. The molecule has 2 heterocycles. The average molecular weight is 135 g/mol. The molecule has 1 N–H and O–H groups in total. The first kappa shape index (κ1) is 5.41. The summed E-state index contributed by atoms with van der Waals surface area (Å²) in [7, 11) is 0. The molecule has 0 aliphatic carbocycles. The molecule has 50 valence electrons. The predicted molar refractivity (Wildman–Crippen MR) is 37.6 cm³/mol. The molecule has 10 heavy (non-hydrogen) atoms. The molecule has 2 aliphatic heterocycles. The van der Waals surface area contributed by atoms with Crippen molar-refractivity contribution in [3.05, 3.63) is 24.0 Å². The Morgan fingerprint density at radius 1 is 1.60 bits per heavy atom. The summed E-state index contributed by atoms with van der Waals surface area (Å²) in [6.45, 7) is 0.874. The zero-order chi connectivity index (χ0) is 6.81. The molecule has 2 aliphatic rings. The van der Waals surface area contributed by atoms with Gasteiger partial charge in [-0.05, 0) is 12.2 Å². The van der Waals surface area contributed by atoms with Gasteiger partial charge in [-0.25, -0.2) is 4.99 Å². The molecule has 0 aromatic rings. The highest BCUT2D eigenvalue weighted by atomic mass is 16.6. The minimum Gasteiger partial charge on any atom is -0.364 e. The minimum absolute atomic E-state index is 0.874. The first-order chi connectivity index (χ1) is 4.97. The smallest absolute Gasteiger partial charge is 0.230 e. The van der Waals surface area contributed by atoms with Crippen molar-refractivity contribution in [2.24, 2.45) is 5.16 Å². The van der Waals surface area contributed by atoms with Crippen LogP contribution in [0.1, 0.15) is 0 Å². The van der Waals surface area contributed by atoms with Crippen molar-refractivity contribution in [3.8, 4) is 0 Å². The molecule has 3 nitrogen and oxygen atoms in total. The van der Waals surface area contributed by atoms with Crippen molar-refractivity contribution >= 4 is 11.9 Å².